The predicted molar refractivity (Wildman–Crippen MR) is 148 cm³/mol. The van der Waals surface area contributed by atoms with E-state index in [2.05, 4.69) is 19.9 Å². The van der Waals surface area contributed by atoms with Crippen molar-refractivity contribution in [3.63, 3.8) is 0 Å². The lowest BCUT2D eigenvalue weighted by molar-refractivity contribution is 0.267. The molecule has 0 aliphatic carbocycles. The van der Waals surface area contributed by atoms with Crippen LogP contribution in [0.4, 0.5) is 0 Å². The molecule has 0 aliphatic heterocycles. The molecule has 210 valence electrons. The molecule has 0 amide bonds. The molecule has 2 aromatic heterocycles. The molecule has 0 spiro atoms. The quantitative estimate of drug-likeness (QED) is 0.263. The van der Waals surface area contributed by atoms with Crippen molar-refractivity contribution in [2.24, 2.45) is 0 Å². The Morgan fingerprint density at radius 1 is 0.676 bits per heavy atom. The summed E-state index contributed by atoms with van der Waals surface area (Å²) in [7, 11) is 5.77. The summed E-state index contributed by atoms with van der Waals surface area (Å²) in [6.45, 7) is 5.11. The van der Waals surface area contributed by atoms with Crippen molar-refractivity contribution < 1.29 is 36.6 Å². The highest BCUT2D eigenvalue weighted by atomic mass is 32.5. The van der Waals surface area contributed by atoms with E-state index in [1.54, 1.807) is 12.1 Å². The number of aryl methyl sites for hydroxylation is 1. The van der Waals surface area contributed by atoms with Gasteiger partial charge in [-0.15, -0.1) is 0 Å². The summed E-state index contributed by atoms with van der Waals surface area (Å²) in [4.78, 5) is 17.0. The summed E-state index contributed by atoms with van der Waals surface area (Å²) in [6.07, 6.45) is 0.667. The lowest BCUT2D eigenvalue weighted by Crippen LogP contribution is -2.05. The maximum atomic E-state index is 5.53. The molecule has 0 N–H and O–H groups in total. The Morgan fingerprint density at radius 2 is 1.05 bits per heavy atom. The van der Waals surface area contributed by atoms with Gasteiger partial charge in [-0.05, 0) is 13.8 Å². The lowest BCUT2D eigenvalue weighted by atomic mass is 10.2. The van der Waals surface area contributed by atoms with Crippen LogP contribution in [0.5, 0.6) is 23.5 Å². The van der Waals surface area contributed by atoms with Gasteiger partial charge in [0.25, 0.3) is 0 Å². The van der Waals surface area contributed by atoms with E-state index in [-0.39, 0.29) is 5.92 Å². The normalized spacial score (nSPS) is 11.5. The predicted octanol–water partition coefficient (Wildman–Crippen LogP) is 5.23. The Labute approximate surface area is 229 Å². The van der Waals surface area contributed by atoms with Crippen molar-refractivity contribution in [3.8, 4) is 23.5 Å². The topological polar surface area (TPSA) is 125 Å². The maximum Gasteiger partial charge on any atom is 0.381 e. The zero-order chi connectivity index (χ0) is 28.1. The Balaban J connectivity index is 0.000000371. The van der Waals surface area contributed by atoms with E-state index in [1.165, 1.54) is 28.4 Å². The highest BCUT2D eigenvalue weighted by molar-refractivity contribution is 8.08. The van der Waals surface area contributed by atoms with Gasteiger partial charge in [0.05, 0.1) is 25.3 Å². The van der Waals surface area contributed by atoms with Crippen LogP contribution in [0.25, 0.3) is 0 Å². The number of nitrogens with zero attached hydrogens (tertiary/aromatic N) is 4. The van der Waals surface area contributed by atoms with E-state index in [0.29, 0.717) is 54.8 Å². The zero-order valence-electron chi connectivity index (χ0n) is 22.6. The Morgan fingerprint density at radius 3 is 1.43 bits per heavy atom. The minimum atomic E-state index is -2.80. The highest BCUT2D eigenvalue weighted by Crippen LogP contribution is 2.48. The van der Waals surface area contributed by atoms with Crippen molar-refractivity contribution in [2.75, 3.05) is 41.7 Å². The molecule has 2 heterocycles. The Hall–Kier alpha value is -1.50. The number of hydrogen-bond acceptors (Lipinski definition) is 14. The molecule has 0 saturated heterocycles. The molecule has 16 heteroatoms. The minimum Gasteiger partial charge on any atom is -0.478 e. The summed E-state index contributed by atoms with van der Waals surface area (Å²) >= 11 is 10.3. The van der Waals surface area contributed by atoms with E-state index >= 15 is 0 Å². The molecule has 0 atom stereocenters. The number of aromatic nitrogens is 4. The van der Waals surface area contributed by atoms with Gasteiger partial charge in [0.1, 0.15) is 11.6 Å². The molecule has 0 fully saturated rings. The van der Waals surface area contributed by atoms with E-state index in [0.717, 1.165) is 0 Å². The van der Waals surface area contributed by atoms with Crippen LogP contribution in [0.15, 0.2) is 12.1 Å². The average Bonchev–Trinajstić information content (AvgIpc) is 2.89. The van der Waals surface area contributed by atoms with E-state index < -0.39 is 13.4 Å². The van der Waals surface area contributed by atoms with E-state index in [4.69, 9.17) is 60.2 Å². The smallest absolute Gasteiger partial charge is 0.381 e. The van der Waals surface area contributed by atoms with Crippen LogP contribution in [0.2, 0.25) is 0 Å². The van der Waals surface area contributed by atoms with Crippen LogP contribution in [-0.2, 0) is 48.1 Å². The summed E-state index contributed by atoms with van der Waals surface area (Å²) in [5, 5.41) is 0. The van der Waals surface area contributed by atoms with Gasteiger partial charge in [0, 0.05) is 64.4 Å². The standard InChI is InChI=1S/C11H19N2O4PS.C10H17N2O4PS/c1-6-16-9-7-10(13-11(12-9)8(2)3)17-18(19,14-4)15-5;1-5-8-11-9(15-6-2)7-10(12-8)16-17(18,13-3)14-4/h7-8H,6H2,1-5H3;7H,5-6H2,1-4H3. The molecule has 37 heavy (non-hydrogen) atoms. The molecule has 0 saturated carbocycles. The first-order chi connectivity index (χ1) is 17.5. The van der Waals surface area contributed by atoms with Crippen molar-refractivity contribution in [2.45, 2.75) is 47.0 Å². The van der Waals surface area contributed by atoms with Crippen LogP contribution in [-0.4, -0.2) is 61.6 Å². The summed E-state index contributed by atoms with van der Waals surface area (Å²) < 4.78 is 42.0. The lowest BCUT2D eigenvalue weighted by Gasteiger charge is -2.18. The van der Waals surface area contributed by atoms with Crippen LogP contribution in [0.3, 0.4) is 0 Å². The Kier molecular flexibility index (Phi) is 14.9. The molecule has 2 rings (SSSR count). The van der Waals surface area contributed by atoms with Crippen molar-refractivity contribution in [3.05, 3.63) is 23.8 Å². The van der Waals surface area contributed by atoms with Gasteiger partial charge < -0.3 is 36.6 Å². The monoisotopic (exact) mass is 598 g/mol. The second-order valence-corrected chi connectivity index (χ2v) is 13.3. The van der Waals surface area contributed by atoms with Gasteiger partial charge in [-0.1, -0.05) is 20.8 Å². The van der Waals surface area contributed by atoms with Crippen molar-refractivity contribution >= 4 is 37.1 Å². The SMILES string of the molecule is CCOc1cc(OP(=S)(OC)OC)nc(C(C)C)n1.CCOc1cc(OP(=S)(OC)OC)nc(CC)n1. The first-order valence-electron chi connectivity index (χ1n) is 11.3. The fraction of sp³-hybridized carbons (Fsp3) is 0.619. The van der Waals surface area contributed by atoms with Crippen LogP contribution in [0.1, 0.15) is 52.2 Å². The summed E-state index contributed by atoms with van der Waals surface area (Å²) in [5.74, 6) is 2.88. The van der Waals surface area contributed by atoms with Crippen molar-refractivity contribution in [1.82, 2.24) is 19.9 Å². The van der Waals surface area contributed by atoms with Crippen molar-refractivity contribution in [1.29, 1.82) is 0 Å². The minimum absolute atomic E-state index is 0.144. The third-order valence-electron chi connectivity index (χ3n) is 4.14. The van der Waals surface area contributed by atoms with Gasteiger partial charge in [-0.3, -0.25) is 0 Å². The molecular formula is C21H36N4O8P2S2. The molecule has 0 radical (unpaired) electrons. The second-order valence-electron chi connectivity index (χ2n) is 7.04. The molecule has 0 aliphatic rings. The number of ether oxygens (including phenoxy) is 2. The Bertz CT molecular complexity index is 1060. The fourth-order valence-electron chi connectivity index (χ4n) is 2.35. The third kappa shape index (κ3) is 11.4. The summed E-state index contributed by atoms with van der Waals surface area (Å²) in [5.41, 5.74) is 0. The molecule has 2 aromatic rings. The van der Waals surface area contributed by atoms with Gasteiger partial charge in [-0.25, -0.2) is 0 Å². The van der Waals surface area contributed by atoms with Gasteiger partial charge in [0.15, 0.2) is 0 Å². The van der Waals surface area contributed by atoms with Crippen LogP contribution >= 0.6 is 13.4 Å². The third-order valence-corrected chi connectivity index (χ3v) is 8.99. The summed E-state index contributed by atoms with van der Waals surface area (Å²) in [6, 6.07) is 3.15. The van der Waals surface area contributed by atoms with E-state index in [1.807, 2.05) is 34.6 Å². The van der Waals surface area contributed by atoms with Crippen LogP contribution in [0, 0.1) is 0 Å². The fourth-order valence-corrected chi connectivity index (χ4v) is 4.05. The van der Waals surface area contributed by atoms with Gasteiger partial charge in [0.2, 0.25) is 23.5 Å². The average molecular weight is 599 g/mol. The molecule has 0 aromatic carbocycles. The number of rotatable bonds is 14. The molecular weight excluding hydrogens is 562 g/mol. The second kappa shape index (κ2) is 16.5. The van der Waals surface area contributed by atoms with E-state index in [9.17, 15) is 0 Å². The zero-order valence-corrected chi connectivity index (χ0v) is 26.0. The van der Waals surface area contributed by atoms with Crippen LogP contribution < -0.4 is 18.5 Å². The molecule has 0 bridgehead atoms. The largest absolute Gasteiger partial charge is 0.478 e. The van der Waals surface area contributed by atoms with Gasteiger partial charge >= 0.3 is 13.4 Å². The number of hydrogen-bond donors (Lipinski definition) is 0. The highest BCUT2D eigenvalue weighted by Gasteiger charge is 2.22. The first-order valence-corrected chi connectivity index (χ1v) is 16.5. The van der Waals surface area contributed by atoms with Gasteiger partial charge in [-0.2, -0.15) is 19.9 Å². The molecule has 12 nitrogen and oxygen atoms in total. The maximum absolute atomic E-state index is 5.53. The molecule has 0 unspecified atom stereocenters. The first kappa shape index (κ1) is 33.5.